The second-order valence-electron chi connectivity index (χ2n) is 4.50. The van der Waals surface area contributed by atoms with Crippen molar-refractivity contribution in [2.45, 2.75) is 20.3 Å². The average Bonchev–Trinajstić information content (AvgIpc) is 3.13. The van der Waals surface area contributed by atoms with Crippen LogP contribution in [-0.4, -0.2) is 15.9 Å². The molecule has 3 aromatic rings. The number of amides is 1. The zero-order chi connectivity index (χ0) is 14.8. The van der Waals surface area contributed by atoms with Crippen molar-refractivity contribution in [2.24, 2.45) is 0 Å². The van der Waals surface area contributed by atoms with Crippen LogP contribution in [0.3, 0.4) is 0 Å². The lowest BCUT2D eigenvalue weighted by molar-refractivity contribution is -0.115. The number of hydrogen-bond donors (Lipinski definition) is 1. The molecule has 0 bridgehead atoms. The van der Waals surface area contributed by atoms with Crippen LogP contribution in [-0.2, 0) is 11.2 Å². The minimum absolute atomic E-state index is 0.140. The van der Waals surface area contributed by atoms with Crippen molar-refractivity contribution < 1.29 is 9.21 Å². The highest BCUT2D eigenvalue weighted by Crippen LogP contribution is 2.26. The standard InChI is InChI=1S/C14H13N3O2S2/c1-8-7-15-14(21-8)17-12(18)6-10-9(2)19-13(16-10)11-4-3-5-20-11/h3-5,7H,6H2,1-2H3,(H,15,17,18). The maximum absolute atomic E-state index is 12.0. The van der Waals surface area contributed by atoms with Gasteiger partial charge in [-0.05, 0) is 25.3 Å². The smallest absolute Gasteiger partial charge is 0.236 e. The predicted octanol–water partition coefficient (Wildman–Crippen LogP) is 3.66. The van der Waals surface area contributed by atoms with Crippen LogP contribution in [0.25, 0.3) is 10.8 Å². The van der Waals surface area contributed by atoms with Gasteiger partial charge in [0, 0.05) is 11.1 Å². The van der Waals surface area contributed by atoms with E-state index in [1.807, 2.05) is 31.4 Å². The molecule has 3 aromatic heterocycles. The topological polar surface area (TPSA) is 68.0 Å². The molecule has 21 heavy (non-hydrogen) atoms. The summed E-state index contributed by atoms with van der Waals surface area (Å²) >= 11 is 3.01. The lowest BCUT2D eigenvalue weighted by atomic mass is 10.2. The quantitative estimate of drug-likeness (QED) is 0.797. The van der Waals surface area contributed by atoms with Crippen molar-refractivity contribution >= 4 is 33.7 Å². The SMILES string of the molecule is Cc1cnc(NC(=O)Cc2nc(-c3cccs3)oc2C)s1. The van der Waals surface area contributed by atoms with Gasteiger partial charge in [-0.1, -0.05) is 6.07 Å². The summed E-state index contributed by atoms with van der Waals surface area (Å²) in [7, 11) is 0. The first-order valence-electron chi connectivity index (χ1n) is 6.34. The van der Waals surface area contributed by atoms with E-state index in [1.54, 1.807) is 17.5 Å². The van der Waals surface area contributed by atoms with Crippen LogP contribution in [0.15, 0.2) is 28.1 Å². The predicted molar refractivity (Wildman–Crippen MR) is 83.7 cm³/mol. The highest BCUT2D eigenvalue weighted by molar-refractivity contribution is 7.15. The van der Waals surface area contributed by atoms with Crippen molar-refractivity contribution in [3.63, 3.8) is 0 Å². The fraction of sp³-hybridized carbons (Fsp3) is 0.214. The Bertz CT molecular complexity index is 759. The van der Waals surface area contributed by atoms with E-state index >= 15 is 0 Å². The summed E-state index contributed by atoms with van der Waals surface area (Å²) in [4.78, 5) is 22.5. The molecule has 0 unspecified atom stereocenters. The molecule has 0 aromatic carbocycles. The van der Waals surface area contributed by atoms with Gasteiger partial charge in [-0.3, -0.25) is 4.79 Å². The van der Waals surface area contributed by atoms with Crippen LogP contribution >= 0.6 is 22.7 Å². The Morgan fingerprint density at radius 1 is 1.43 bits per heavy atom. The molecule has 0 radical (unpaired) electrons. The van der Waals surface area contributed by atoms with E-state index in [4.69, 9.17) is 4.42 Å². The molecule has 0 saturated carbocycles. The molecule has 0 atom stereocenters. The third-order valence-corrected chi connectivity index (χ3v) is 4.51. The molecule has 108 valence electrons. The normalized spacial score (nSPS) is 10.8. The van der Waals surface area contributed by atoms with E-state index in [2.05, 4.69) is 15.3 Å². The summed E-state index contributed by atoms with van der Waals surface area (Å²) in [5.74, 6) is 1.10. The van der Waals surface area contributed by atoms with Crippen molar-refractivity contribution in [2.75, 3.05) is 5.32 Å². The molecule has 0 saturated heterocycles. The number of hydrogen-bond acceptors (Lipinski definition) is 6. The molecule has 1 N–H and O–H groups in total. The second-order valence-corrected chi connectivity index (χ2v) is 6.68. The van der Waals surface area contributed by atoms with Crippen molar-refractivity contribution in [1.29, 1.82) is 0 Å². The summed E-state index contributed by atoms with van der Waals surface area (Å²) in [5.41, 5.74) is 0.657. The molecule has 0 fully saturated rings. The van der Waals surface area contributed by atoms with Gasteiger partial charge < -0.3 is 9.73 Å². The van der Waals surface area contributed by atoms with Gasteiger partial charge in [0.05, 0.1) is 17.0 Å². The molecule has 1 amide bonds. The van der Waals surface area contributed by atoms with Crippen LogP contribution in [0.2, 0.25) is 0 Å². The van der Waals surface area contributed by atoms with Gasteiger partial charge in [-0.25, -0.2) is 9.97 Å². The van der Waals surface area contributed by atoms with E-state index in [0.717, 1.165) is 9.75 Å². The van der Waals surface area contributed by atoms with Crippen LogP contribution in [0.1, 0.15) is 16.3 Å². The molecule has 3 rings (SSSR count). The number of thiazole rings is 1. The monoisotopic (exact) mass is 319 g/mol. The van der Waals surface area contributed by atoms with Gasteiger partial charge in [0.25, 0.3) is 0 Å². The Morgan fingerprint density at radius 3 is 2.95 bits per heavy atom. The van der Waals surface area contributed by atoms with E-state index in [-0.39, 0.29) is 12.3 Å². The first kappa shape index (κ1) is 14.0. The largest absolute Gasteiger partial charge is 0.440 e. The number of nitrogens with zero attached hydrogens (tertiary/aromatic N) is 2. The Hall–Kier alpha value is -1.99. The number of oxazole rings is 1. The Labute approximate surface area is 129 Å². The zero-order valence-corrected chi connectivity index (χ0v) is 13.2. The van der Waals surface area contributed by atoms with E-state index in [1.165, 1.54) is 11.3 Å². The fourth-order valence-electron chi connectivity index (χ4n) is 1.83. The molecule has 0 aliphatic rings. The average molecular weight is 319 g/mol. The Morgan fingerprint density at radius 2 is 2.29 bits per heavy atom. The fourth-order valence-corrected chi connectivity index (χ4v) is 3.16. The minimum atomic E-state index is -0.140. The summed E-state index contributed by atoms with van der Waals surface area (Å²) in [5, 5.41) is 5.34. The molecular weight excluding hydrogens is 306 g/mol. The van der Waals surface area contributed by atoms with Crippen molar-refractivity contribution in [1.82, 2.24) is 9.97 Å². The van der Waals surface area contributed by atoms with Crippen LogP contribution < -0.4 is 5.32 Å². The Balaban J connectivity index is 1.71. The van der Waals surface area contributed by atoms with Crippen LogP contribution in [0.5, 0.6) is 0 Å². The number of aromatic nitrogens is 2. The number of nitrogens with one attached hydrogen (secondary N) is 1. The van der Waals surface area contributed by atoms with Gasteiger partial charge in [0.15, 0.2) is 5.13 Å². The molecule has 5 nitrogen and oxygen atoms in total. The van der Waals surface area contributed by atoms with Crippen LogP contribution in [0, 0.1) is 13.8 Å². The van der Waals surface area contributed by atoms with E-state index in [0.29, 0.717) is 22.5 Å². The summed E-state index contributed by atoms with van der Waals surface area (Å²) in [6.07, 6.45) is 1.91. The molecule has 7 heteroatoms. The van der Waals surface area contributed by atoms with Crippen LogP contribution in [0.4, 0.5) is 5.13 Å². The van der Waals surface area contributed by atoms with Gasteiger partial charge in [-0.15, -0.1) is 22.7 Å². The molecular formula is C14H13N3O2S2. The molecule has 0 aliphatic heterocycles. The molecule has 3 heterocycles. The van der Waals surface area contributed by atoms with Crippen molar-refractivity contribution in [3.05, 3.63) is 40.0 Å². The van der Waals surface area contributed by atoms with Gasteiger partial charge in [0.2, 0.25) is 11.8 Å². The minimum Gasteiger partial charge on any atom is -0.440 e. The number of anilines is 1. The summed E-state index contributed by atoms with van der Waals surface area (Å²) in [6, 6.07) is 3.88. The number of rotatable bonds is 4. The molecule has 0 spiro atoms. The van der Waals surface area contributed by atoms with E-state index in [9.17, 15) is 4.79 Å². The van der Waals surface area contributed by atoms with Gasteiger partial charge in [0.1, 0.15) is 5.76 Å². The van der Waals surface area contributed by atoms with Crippen molar-refractivity contribution in [3.8, 4) is 10.8 Å². The highest BCUT2D eigenvalue weighted by atomic mass is 32.1. The number of aryl methyl sites for hydroxylation is 2. The number of carbonyl (C=O) groups is 1. The van der Waals surface area contributed by atoms with Gasteiger partial charge in [-0.2, -0.15) is 0 Å². The lowest BCUT2D eigenvalue weighted by Crippen LogP contribution is -2.14. The first-order chi connectivity index (χ1) is 10.1. The third-order valence-electron chi connectivity index (χ3n) is 2.82. The summed E-state index contributed by atoms with van der Waals surface area (Å²) in [6.45, 7) is 3.77. The summed E-state index contributed by atoms with van der Waals surface area (Å²) < 4.78 is 5.62. The molecule has 0 aliphatic carbocycles. The third kappa shape index (κ3) is 3.20. The maximum Gasteiger partial charge on any atom is 0.236 e. The maximum atomic E-state index is 12.0. The van der Waals surface area contributed by atoms with Gasteiger partial charge >= 0.3 is 0 Å². The second kappa shape index (κ2) is 5.79. The number of carbonyl (C=O) groups excluding carboxylic acids is 1. The van der Waals surface area contributed by atoms with E-state index < -0.39 is 0 Å². The first-order valence-corrected chi connectivity index (χ1v) is 8.04. The number of thiophene rings is 1. The Kier molecular flexibility index (Phi) is 3.85. The highest BCUT2D eigenvalue weighted by Gasteiger charge is 2.15. The zero-order valence-electron chi connectivity index (χ0n) is 11.5. The lowest BCUT2D eigenvalue weighted by Gasteiger charge is -1.99.